The van der Waals surface area contributed by atoms with Crippen molar-refractivity contribution in [3.8, 4) is 11.5 Å². The molecule has 2 aromatic carbocycles. The van der Waals surface area contributed by atoms with Gasteiger partial charge in [-0.05, 0) is 36.8 Å². The van der Waals surface area contributed by atoms with Crippen LogP contribution in [0.1, 0.15) is 28.4 Å². The fourth-order valence-electron chi connectivity index (χ4n) is 2.36. The van der Waals surface area contributed by atoms with Crippen LogP contribution >= 0.6 is 11.6 Å². The molecule has 0 saturated heterocycles. The molecule has 0 aromatic heterocycles. The Morgan fingerprint density at radius 1 is 1.21 bits per heavy atom. The SMILES string of the molecule is CC=Cc1cc(C(=O)NCc2cccc(Cl)c2)cc(OC)c1OC. The molecule has 2 aromatic rings. The number of ether oxygens (including phenoxy) is 2. The van der Waals surface area contributed by atoms with Gasteiger partial charge in [0.1, 0.15) is 0 Å². The lowest BCUT2D eigenvalue weighted by atomic mass is 10.1. The van der Waals surface area contributed by atoms with Gasteiger partial charge in [-0.15, -0.1) is 0 Å². The van der Waals surface area contributed by atoms with E-state index in [4.69, 9.17) is 21.1 Å². The van der Waals surface area contributed by atoms with Crippen molar-refractivity contribution in [2.75, 3.05) is 14.2 Å². The molecule has 24 heavy (non-hydrogen) atoms. The van der Waals surface area contributed by atoms with E-state index in [1.165, 1.54) is 0 Å². The lowest BCUT2D eigenvalue weighted by Gasteiger charge is -2.13. The zero-order chi connectivity index (χ0) is 17.5. The van der Waals surface area contributed by atoms with Crippen molar-refractivity contribution in [3.63, 3.8) is 0 Å². The second-order valence-electron chi connectivity index (χ2n) is 5.11. The van der Waals surface area contributed by atoms with E-state index in [0.29, 0.717) is 28.6 Å². The second kappa shape index (κ2) is 8.41. The highest BCUT2D eigenvalue weighted by atomic mass is 35.5. The van der Waals surface area contributed by atoms with Gasteiger partial charge in [-0.3, -0.25) is 4.79 Å². The fraction of sp³-hybridized carbons (Fsp3) is 0.211. The van der Waals surface area contributed by atoms with Gasteiger partial charge in [-0.1, -0.05) is 35.9 Å². The summed E-state index contributed by atoms with van der Waals surface area (Å²) in [5.74, 6) is 0.921. The van der Waals surface area contributed by atoms with Gasteiger partial charge in [0.25, 0.3) is 5.91 Å². The molecule has 0 bridgehead atoms. The minimum absolute atomic E-state index is 0.193. The highest BCUT2D eigenvalue weighted by Crippen LogP contribution is 2.33. The normalized spacial score (nSPS) is 10.7. The largest absolute Gasteiger partial charge is 0.493 e. The first kappa shape index (κ1) is 17.9. The number of carbonyl (C=O) groups excluding carboxylic acids is 1. The van der Waals surface area contributed by atoms with Gasteiger partial charge >= 0.3 is 0 Å². The third kappa shape index (κ3) is 4.30. The number of hydrogen-bond acceptors (Lipinski definition) is 3. The standard InChI is InChI=1S/C19H20ClNO3/c1-4-6-14-10-15(11-17(23-2)18(14)24-3)19(22)21-12-13-7-5-8-16(20)9-13/h4-11H,12H2,1-3H3,(H,21,22). The number of nitrogens with one attached hydrogen (secondary N) is 1. The third-order valence-corrected chi connectivity index (χ3v) is 3.69. The number of methoxy groups -OCH3 is 2. The molecule has 126 valence electrons. The number of halogens is 1. The number of allylic oxidation sites excluding steroid dienone is 1. The summed E-state index contributed by atoms with van der Waals surface area (Å²) in [6.07, 6.45) is 3.75. The number of benzene rings is 2. The van der Waals surface area contributed by atoms with E-state index in [1.807, 2.05) is 37.3 Å². The fourth-order valence-corrected chi connectivity index (χ4v) is 2.57. The van der Waals surface area contributed by atoms with E-state index in [1.54, 1.807) is 32.4 Å². The molecule has 0 fully saturated rings. The molecular weight excluding hydrogens is 326 g/mol. The summed E-state index contributed by atoms with van der Waals surface area (Å²) < 4.78 is 10.7. The van der Waals surface area contributed by atoms with Crippen LogP contribution in [0.5, 0.6) is 11.5 Å². The average molecular weight is 346 g/mol. The molecule has 0 aliphatic heterocycles. The van der Waals surface area contributed by atoms with Gasteiger partial charge in [-0.25, -0.2) is 0 Å². The van der Waals surface area contributed by atoms with Crippen molar-refractivity contribution >= 4 is 23.6 Å². The Morgan fingerprint density at radius 2 is 2.00 bits per heavy atom. The van der Waals surface area contributed by atoms with Crippen LogP contribution in [0.25, 0.3) is 6.08 Å². The van der Waals surface area contributed by atoms with Crippen LogP contribution in [0.15, 0.2) is 42.5 Å². The first-order chi connectivity index (χ1) is 11.6. The Labute approximate surface area is 147 Å². The lowest BCUT2D eigenvalue weighted by Crippen LogP contribution is -2.23. The van der Waals surface area contributed by atoms with E-state index in [-0.39, 0.29) is 5.91 Å². The van der Waals surface area contributed by atoms with Crippen LogP contribution in [-0.2, 0) is 6.54 Å². The molecule has 0 unspecified atom stereocenters. The zero-order valence-corrected chi connectivity index (χ0v) is 14.7. The summed E-state index contributed by atoms with van der Waals surface area (Å²) >= 11 is 5.95. The highest BCUT2D eigenvalue weighted by Gasteiger charge is 2.14. The Hall–Kier alpha value is -2.46. The van der Waals surface area contributed by atoms with Gasteiger partial charge in [-0.2, -0.15) is 0 Å². The molecule has 0 heterocycles. The molecule has 0 aliphatic carbocycles. The lowest BCUT2D eigenvalue weighted by molar-refractivity contribution is 0.0950. The maximum Gasteiger partial charge on any atom is 0.251 e. The topological polar surface area (TPSA) is 47.6 Å². The van der Waals surface area contributed by atoms with Crippen molar-refractivity contribution < 1.29 is 14.3 Å². The minimum Gasteiger partial charge on any atom is -0.493 e. The number of rotatable bonds is 6. The number of hydrogen-bond donors (Lipinski definition) is 1. The predicted octanol–water partition coefficient (Wildman–Crippen LogP) is 4.32. The predicted molar refractivity (Wildman–Crippen MR) is 96.9 cm³/mol. The van der Waals surface area contributed by atoms with Gasteiger partial charge in [0.05, 0.1) is 14.2 Å². The highest BCUT2D eigenvalue weighted by molar-refractivity contribution is 6.30. The Balaban J connectivity index is 2.23. The summed E-state index contributed by atoms with van der Waals surface area (Å²) in [5.41, 5.74) is 2.22. The summed E-state index contributed by atoms with van der Waals surface area (Å²) in [6, 6.07) is 10.8. The van der Waals surface area contributed by atoms with Gasteiger partial charge in [0.15, 0.2) is 11.5 Å². The van der Waals surface area contributed by atoms with Gasteiger partial charge in [0.2, 0.25) is 0 Å². The smallest absolute Gasteiger partial charge is 0.251 e. The molecule has 5 heteroatoms. The Morgan fingerprint density at radius 3 is 2.62 bits per heavy atom. The quantitative estimate of drug-likeness (QED) is 0.848. The van der Waals surface area contributed by atoms with Crippen molar-refractivity contribution in [1.29, 1.82) is 0 Å². The van der Waals surface area contributed by atoms with Crippen LogP contribution < -0.4 is 14.8 Å². The summed E-state index contributed by atoms with van der Waals surface area (Å²) in [5, 5.41) is 3.52. The van der Waals surface area contributed by atoms with Gasteiger partial charge < -0.3 is 14.8 Å². The average Bonchev–Trinajstić information content (AvgIpc) is 2.59. The Bertz CT molecular complexity index is 756. The summed E-state index contributed by atoms with van der Waals surface area (Å²) in [7, 11) is 3.12. The summed E-state index contributed by atoms with van der Waals surface area (Å²) in [4.78, 5) is 12.5. The van der Waals surface area contributed by atoms with E-state index < -0.39 is 0 Å². The van der Waals surface area contributed by atoms with Crippen LogP contribution in [-0.4, -0.2) is 20.1 Å². The molecule has 0 radical (unpaired) electrons. The first-order valence-electron chi connectivity index (χ1n) is 7.50. The van der Waals surface area contributed by atoms with Crippen molar-refractivity contribution in [3.05, 3.63) is 64.2 Å². The van der Waals surface area contributed by atoms with E-state index >= 15 is 0 Å². The van der Waals surface area contributed by atoms with Crippen LogP contribution in [0.4, 0.5) is 0 Å². The molecule has 0 spiro atoms. The van der Waals surface area contributed by atoms with Crippen molar-refractivity contribution in [1.82, 2.24) is 5.32 Å². The first-order valence-corrected chi connectivity index (χ1v) is 7.88. The number of amides is 1. The monoisotopic (exact) mass is 345 g/mol. The maximum atomic E-state index is 12.5. The van der Waals surface area contributed by atoms with Crippen molar-refractivity contribution in [2.45, 2.75) is 13.5 Å². The molecule has 0 saturated carbocycles. The van der Waals surface area contributed by atoms with E-state index in [9.17, 15) is 4.79 Å². The van der Waals surface area contributed by atoms with Crippen LogP contribution in [0, 0.1) is 0 Å². The Kier molecular flexibility index (Phi) is 6.27. The van der Waals surface area contributed by atoms with Crippen molar-refractivity contribution in [2.24, 2.45) is 0 Å². The molecule has 2 rings (SSSR count). The van der Waals surface area contributed by atoms with Crippen LogP contribution in [0.3, 0.4) is 0 Å². The molecule has 1 amide bonds. The molecule has 0 aliphatic rings. The molecule has 1 N–H and O–H groups in total. The second-order valence-corrected chi connectivity index (χ2v) is 5.55. The van der Waals surface area contributed by atoms with E-state index in [2.05, 4.69) is 5.32 Å². The molecule has 4 nitrogen and oxygen atoms in total. The maximum absolute atomic E-state index is 12.5. The van der Waals surface area contributed by atoms with Gasteiger partial charge in [0, 0.05) is 22.7 Å². The number of carbonyl (C=O) groups is 1. The summed E-state index contributed by atoms with van der Waals surface area (Å²) in [6.45, 7) is 2.30. The third-order valence-electron chi connectivity index (χ3n) is 3.46. The molecule has 0 atom stereocenters. The van der Waals surface area contributed by atoms with Crippen LogP contribution in [0.2, 0.25) is 5.02 Å². The minimum atomic E-state index is -0.193. The zero-order valence-electron chi connectivity index (χ0n) is 13.9. The molecular formula is C19H20ClNO3. The van der Waals surface area contributed by atoms with E-state index in [0.717, 1.165) is 11.1 Å².